The average Bonchev–Trinajstić information content (AvgIpc) is 3.16. The molecule has 1 unspecified atom stereocenters. The Labute approximate surface area is 174 Å². The first-order chi connectivity index (χ1) is 14.4. The number of nitrogens with zero attached hydrogens (tertiary/aromatic N) is 3. The molecule has 1 aliphatic rings. The van der Waals surface area contributed by atoms with E-state index in [9.17, 15) is 9.90 Å². The number of aliphatic hydroxyl groups is 1. The van der Waals surface area contributed by atoms with Gasteiger partial charge in [-0.25, -0.2) is 4.98 Å². The summed E-state index contributed by atoms with van der Waals surface area (Å²) in [7, 11) is 4.89. The number of anilines is 3. The van der Waals surface area contributed by atoms with Gasteiger partial charge in [-0.05, 0) is 19.1 Å². The quantitative estimate of drug-likeness (QED) is 0.671. The van der Waals surface area contributed by atoms with Crippen LogP contribution < -0.4 is 25.2 Å². The fraction of sp³-hybridized carbons (Fsp3) is 0.273. The zero-order chi connectivity index (χ0) is 21.4. The Hall–Kier alpha value is -3.52. The molecule has 0 fully saturated rings. The molecule has 3 heterocycles. The van der Waals surface area contributed by atoms with Crippen molar-refractivity contribution in [3.8, 4) is 22.8 Å². The monoisotopic (exact) mass is 408 g/mol. The lowest BCUT2D eigenvalue weighted by Gasteiger charge is -2.21. The molecule has 30 heavy (non-hydrogen) atoms. The van der Waals surface area contributed by atoms with Crippen molar-refractivity contribution in [1.29, 1.82) is 0 Å². The highest BCUT2D eigenvalue weighted by atomic mass is 16.5. The molecular weight excluding hydrogens is 384 g/mol. The van der Waals surface area contributed by atoms with Gasteiger partial charge in [-0.1, -0.05) is 6.07 Å². The third-order valence-corrected chi connectivity index (χ3v) is 5.24. The second-order valence-electron chi connectivity index (χ2n) is 7.14. The first-order valence-electron chi connectivity index (χ1n) is 9.56. The fourth-order valence-corrected chi connectivity index (χ4v) is 3.56. The number of hydrogen-bond acceptors (Lipinski definition) is 7. The molecule has 156 valence electrons. The van der Waals surface area contributed by atoms with E-state index in [0.29, 0.717) is 40.8 Å². The number of nitrogens with one attached hydrogen (secondary N) is 1. The largest absolute Gasteiger partial charge is 0.493 e. The molecule has 0 radical (unpaired) electrons. The van der Waals surface area contributed by atoms with Crippen molar-refractivity contribution in [3.63, 3.8) is 0 Å². The lowest BCUT2D eigenvalue weighted by atomic mass is 10.0. The number of benzene rings is 1. The topological polar surface area (TPSA) is 88.9 Å². The predicted octanol–water partition coefficient (Wildman–Crippen LogP) is 3.04. The summed E-state index contributed by atoms with van der Waals surface area (Å²) in [4.78, 5) is 19.0. The first kappa shape index (κ1) is 19.8. The SMILES string of the molecule is COc1cc2c(cc1OC)N(c1ccc(C(C)O)c(-c3ccn(C)c(=O)c3)n1)CN2. The van der Waals surface area contributed by atoms with E-state index in [0.717, 1.165) is 11.4 Å². The Morgan fingerprint density at radius 3 is 2.53 bits per heavy atom. The molecule has 1 aromatic carbocycles. The fourth-order valence-electron chi connectivity index (χ4n) is 3.56. The molecule has 3 aromatic rings. The highest BCUT2D eigenvalue weighted by molar-refractivity contribution is 5.84. The second-order valence-corrected chi connectivity index (χ2v) is 7.14. The number of methoxy groups -OCH3 is 2. The Morgan fingerprint density at radius 1 is 1.13 bits per heavy atom. The summed E-state index contributed by atoms with van der Waals surface area (Å²) >= 11 is 0. The Morgan fingerprint density at radius 2 is 1.87 bits per heavy atom. The molecule has 0 spiro atoms. The van der Waals surface area contributed by atoms with Crippen molar-refractivity contribution < 1.29 is 14.6 Å². The van der Waals surface area contributed by atoms with Crippen LogP contribution in [-0.4, -0.2) is 35.5 Å². The number of hydrogen-bond donors (Lipinski definition) is 2. The van der Waals surface area contributed by atoms with Crippen LogP contribution in [0.25, 0.3) is 11.3 Å². The molecule has 2 N–H and O–H groups in total. The molecule has 1 atom stereocenters. The lowest BCUT2D eigenvalue weighted by Crippen LogP contribution is -2.19. The highest BCUT2D eigenvalue weighted by Gasteiger charge is 2.25. The van der Waals surface area contributed by atoms with Gasteiger partial charge < -0.3 is 29.4 Å². The van der Waals surface area contributed by atoms with Gasteiger partial charge in [0.2, 0.25) is 0 Å². The summed E-state index contributed by atoms with van der Waals surface area (Å²) in [6.45, 7) is 2.20. The van der Waals surface area contributed by atoms with Crippen molar-refractivity contribution >= 4 is 17.2 Å². The highest BCUT2D eigenvalue weighted by Crippen LogP contribution is 2.44. The van der Waals surface area contributed by atoms with E-state index in [4.69, 9.17) is 14.5 Å². The number of ether oxygens (including phenoxy) is 2. The normalized spacial score (nSPS) is 13.6. The van der Waals surface area contributed by atoms with Gasteiger partial charge in [0.1, 0.15) is 5.82 Å². The number of aryl methyl sites for hydroxylation is 1. The molecule has 2 aromatic heterocycles. The minimum atomic E-state index is -0.723. The van der Waals surface area contributed by atoms with Crippen molar-refractivity contribution in [3.05, 3.63) is 58.5 Å². The van der Waals surface area contributed by atoms with Crippen LogP contribution in [0.4, 0.5) is 17.2 Å². The summed E-state index contributed by atoms with van der Waals surface area (Å²) in [6, 6.07) is 10.8. The van der Waals surface area contributed by atoms with Crippen LogP contribution in [-0.2, 0) is 7.05 Å². The summed E-state index contributed by atoms with van der Waals surface area (Å²) < 4.78 is 12.3. The molecule has 0 amide bonds. The number of rotatable bonds is 5. The van der Waals surface area contributed by atoms with Crippen LogP contribution in [0.3, 0.4) is 0 Å². The van der Waals surface area contributed by atoms with Crippen molar-refractivity contribution in [2.24, 2.45) is 7.05 Å². The number of pyridine rings is 2. The van der Waals surface area contributed by atoms with Crippen LogP contribution in [0.5, 0.6) is 11.5 Å². The zero-order valence-electron chi connectivity index (χ0n) is 17.3. The molecule has 8 nitrogen and oxygen atoms in total. The molecule has 4 rings (SSSR count). The molecule has 0 saturated carbocycles. The lowest BCUT2D eigenvalue weighted by molar-refractivity contribution is 0.199. The summed E-state index contributed by atoms with van der Waals surface area (Å²) in [5.74, 6) is 1.95. The van der Waals surface area contributed by atoms with E-state index in [1.54, 1.807) is 34.4 Å². The molecule has 0 aliphatic carbocycles. The minimum absolute atomic E-state index is 0.138. The van der Waals surface area contributed by atoms with Crippen LogP contribution >= 0.6 is 0 Å². The third kappa shape index (κ3) is 3.35. The van der Waals surface area contributed by atoms with Gasteiger partial charge in [0.15, 0.2) is 11.5 Å². The van der Waals surface area contributed by atoms with Crippen LogP contribution in [0, 0.1) is 0 Å². The van der Waals surface area contributed by atoms with E-state index in [1.165, 1.54) is 10.6 Å². The van der Waals surface area contributed by atoms with Gasteiger partial charge in [-0.3, -0.25) is 4.79 Å². The Bertz CT molecular complexity index is 1160. The van der Waals surface area contributed by atoms with Crippen molar-refractivity contribution in [2.75, 3.05) is 31.1 Å². The van der Waals surface area contributed by atoms with Crippen LogP contribution in [0.1, 0.15) is 18.6 Å². The third-order valence-electron chi connectivity index (χ3n) is 5.24. The molecular formula is C22H24N4O4. The molecule has 0 bridgehead atoms. The zero-order valence-corrected chi connectivity index (χ0v) is 17.3. The van der Waals surface area contributed by atoms with Gasteiger partial charge in [0, 0.05) is 42.6 Å². The average molecular weight is 408 g/mol. The summed E-state index contributed by atoms with van der Waals surface area (Å²) in [5, 5.41) is 13.6. The van der Waals surface area contributed by atoms with Gasteiger partial charge in [0.25, 0.3) is 5.56 Å². The Kier molecular flexibility index (Phi) is 5.09. The second kappa shape index (κ2) is 7.72. The number of aromatic nitrogens is 2. The van der Waals surface area contributed by atoms with E-state index >= 15 is 0 Å². The molecule has 8 heteroatoms. The van der Waals surface area contributed by atoms with Gasteiger partial charge in [0.05, 0.1) is 44.1 Å². The maximum absolute atomic E-state index is 12.2. The molecule has 0 saturated heterocycles. The number of fused-ring (bicyclic) bond motifs is 1. The minimum Gasteiger partial charge on any atom is -0.493 e. The Balaban J connectivity index is 1.82. The van der Waals surface area contributed by atoms with Crippen LogP contribution in [0.2, 0.25) is 0 Å². The van der Waals surface area contributed by atoms with Gasteiger partial charge in [-0.2, -0.15) is 0 Å². The summed E-state index contributed by atoms with van der Waals surface area (Å²) in [5.41, 5.74) is 3.57. The predicted molar refractivity (Wildman–Crippen MR) is 116 cm³/mol. The van der Waals surface area contributed by atoms with Crippen molar-refractivity contribution in [1.82, 2.24) is 9.55 Å². The van der Waals surface area contributed by atoms with Crippen LogP contribution in [0.15, 0.2) is 47.4 Å². The van der Waals surface area contributed by atoms with Gasteiger partial charge in [-0.15, -0.1) is 0 Å². The first-order valence-corrected chi connectivity index (χ1v) is 9.56. The van der Waals surface area contributed by atoms with E-state index in [1.807, 2.05) is 35.2 Å². The maximum atomic E-state index is 12.2. The standard InChI is InChI=1S/C22H24N4O4/c1-13(27)15-5-6-20(24-22(15)14-7-8-25(2)21(28)9-14)26-12-23-16-10-18(29-3)19(30-4)11-17(16)26/h5-11,13,23,27H,12H2,1-4H3. The maximum Gasteiger partial charge on any atom is 0.250 e. The van der Waals surface area contributed by atoms with E-state index in [2.05, 4.69) is 5.32 Å². The summed E-state index contributed by atoms with van der Waals surface area (Å²) in [6.07, 6.45) is 0.973. The van der Waals surface area contributed by atoms with E-state index in [-0.39, 0.29) is 5.56 Å². The number of aliphatic hydroxyl groups excluding tert-OH is 1. The smallest absolute Gasteiger partial charge is 0.250 e. The molecule has 1 aliphatic heterocycles. The van der Waals surface area contributed by atoms with Crippen molar-refractivity contribution in [2.45, 2.75) is 13.0 Å². The van der Waals surface area contributed by atoms with Gasteiger partial charge >= 0.3 is 0 Å². The van der Waals surface area contributed by atoms with E-state index < -0.39 is 6.10 Å².